The first kappa shape index (κ1) is 13.8. The molecule has 1 unspecified atom stereocenters. The van der Waals surface area contributed by atoms with E-state index in [1.54, 1.807) is 14.2 Å². The summed E-state index contributed by atoms with van der Waals surface area (Å²) in [6.45, 7) is 2.13. The van der Waals surface area contributed by atoms with E-state index in [0.717, 1.165) is 37.2 Å². The van der Waals surface area contributed by atoms with Gasteiger partial charge in [-0.1, -0.05) is 13.0 Å². The van der Waals surface area contributed by atoms with Gasteiger partial charge >= 0.3 is 0 Å². The molecule has 1 aromatic carbocycles. The van der Waals surface area contributed by atoms with Crippen molar-refractivity contribution in [2.24, 2.45) is 5.73 Å². The SMILES string of the molecule is CCC(N)CCCc1ccc(OC)c(OC)c1. The molecule has 0 saturated heterocycles. The Balaban J connectivity index is 2.54. The van der Waals surface area contributed by atoms with E-state index in [-0.39, 0.29) is 0 Å². The fourth-order valence-electron chi connectivity index (χ4n) is 1.81. The molecule has 0 aliphatic carbocycles. The van der Waals surface area contributed by atoms with Gasteiger partial charge in [-0.25, -0.2) is 0 Å². The summed E-state index contributed by atoms with van der Waals surface area (Å²) in [6.07, 6.45) is 4.27. The molecule has 0 aliphatic heterocycles. The fraction of sp³-hybridized carbons (Fsp3) is 0.571. The number of nitrogens with two attached hydrogens (primary N) is 1. The Labute approximate surface area is 104 Å². The Morgan fingerprint density at radius 3 is 2.47 bits per heavy atom. The molecule has 0 saturated carbocycles. The molecule has 96 valence electrons. The summed E-state index contributed by atoms with van der Waals surface area (Å²) in [4.78, 5) is 0. The quantitative estimate of drug-likeness (QED) is 0.793. The molecule has 3 nitrogen and oxygen atoms in total. The summed E-state index contributed by atoms with van der Waals surface area (Å²) in [5.41, 5.74) is 7.16. The van der Waals surface area contributed by atoms with E-state index in [2.05, 4.69) is 13.0 Å². The maximum absolute atomic E-state index is 5.89. The van der Waals surface area contributed by atoms with Crippen LogP contribution in [0.5, 0.6) is 11.5 Å². The third-order valence-corrected chi connectivity index (χ3v) is 3.01. The van der Waals surface area contributed by atoms with Crippen LogP contribution in [0.25, 0.3) is 0 Å². The maximum Gasteiger partial charge on any atom is 0.160 e. The number of aryl methyl sites for hydroxylation is 1. The molecule has 0 fully saturated rings. The first-order valence-electron chi connectivity index (χ1n) is 6.17. The molecule has 2 N–H and O–H groups in total. The van der Waals surface area contributed by atoms with Crippen molar-refractivity contribution in [3.05, 3.63) is 23.8 Å². The zero-order chi connectivity index (χ0) is 12.7. The van der Waals surface area contributed by atoms with Gasteiger partial charge in [-0.2, -0.15) is 0 Å². The van der Waals surface area contributed by atoms with Crippen LogP contribution < -0.4 is 15.2 Å². The lowest BCUT2D eigenvalue weighted by Gasteiger charge is -2.11. The van der Waals surface area contributed by atoms with E-state index in [1.807, 2.05) is 12.1 Å². The molecular formula is C14H23NO2. The van der Waals surface area contributed by atoms with Crippen LogP contribution >= 0.6 is 0 Å². The Bertz CT molecular complexity index is 339. The van der Waals surface area contributed by atoms with Gasteiger partial charge < -0.3 is 15.2 Å². The van der Waals surface area contributed by atoms with E-state index >= 15 is 0 Å². The molecule has 0 heterocycles. The van der Waals surface area contributed by atoms with Gasteiger partial charge in [-0.15, -0.1) is 0 Å². The summed E-state index contributed by atoms with van der Waals surface area (Å²) in [5, 5.41) is 0. The van der Waals surface area contributed by atoms with Crippen molar-refractivity contribution in [2.45, 2.75) is 38.6 Å². The normalized spacial score (nSPS) is 12.2. The van der Waals surface area contributed by atoms with Crippen LogP contribution in [0.1, 0.15) is 31.7 Å². The monoisotopic (exact) mass is 237 g/mol. The zero-order valence-corrected chi connectivity index (χ0v) is 11.0. The summed E-state index contributed by atoms with van der Waals surface area (Å²) < 4.78 is 10.5. The maximum atomic E-state index is 5.89. The minimum Gasteiger partial charge on any atom is -0.493 e. The molecule has 1 atom stereocenters. The highest BCUT2D eigenvalue weighted by atomic mass is 16.5. The molecule has 1 rings (SSSR count). The van der Waals surface area contributed by atoms with Crippen LogP contribution in [-0.4, -0.2) is 20.3 Å². The van der Waals surface area contributed by atoms with Gasteiger partial charge in [0.25, 0.3) is 0 Å². The predicted molar refractivity (Wildman–Crippen MR) is 70.8 cm³/mol. The van der Waals surface area contributed by atoms with E-state index in [4.69, 9.17) is 15.2 Å². The van der Waals surface area contributed by atoms with Crippen molar-refractivity contribution in [2.75, 3.05) is 14.2 Å². The van der Waals surface area contributed by atoms with Gasteiger partial charge in [0.1, 0.15) is 0 Å². The van der Waals surface area contributed by atoms with Crippen molar-refractivity contribution in [3.8, 4) is 11.5 Å². The summed E-state index contributed by atoms with van der Waals surface area (Å²) in [5.74, 6) is 1.58. The lowest BCUT2D eigenvalue weighted by molar-refractivity contribution is 0.354. The van der Waals surface area contributed by atoms with E-state index < -0.39 is 0 Å². The Kier molecular flexibility index (Phi) is 5.84. The van der Waals surface area contributed by atoms with Crippen LogP contribution in [0.2, 0.25) is 0 Å². The van der Waals surface area contributed by atoms with Crippen molar-refractivity contribution < 1.29 is 9.47 Å². The zero-order valence-electron chi connectivity index (χ0n) is 11.0. The summed E-state index contributed by atoms with van der Waals surface area (Å²) >= 11 is 0. The van der Waals surface area contributed by atoms with Crippen molar-refractivity contribution in [1.82, 2.24) is 0 Å². The standard InChI is InChI=1S/C14H23NO2/c1-4-12(15)7-5-6-11-8-9-13(16-2)14(10-11)17-3/h8-10,12H,4-7,15H2,1-3H3. The van der Waals surface area contributed by atoms with Crippen LogP contribution in [-0.2, 0) is 6.42 Å². The first-order valence-corrected chi connectivity index (χ1v) is 6.17. The van der Waals surface area contributed by atoms with Crippen LogP contribution in [0.15, 0.2) is 18.2 Å². The van der Waals surface area contributed by atoms with Gasteiger partial charge in [0.15, 0.2) is 11.5 Å². The minimum absolute atomic E-state index is 0.329. The number of ether oxygens (including phenoxy) is 2. The molecule has 0 spiro atoms. The Morgan fingerprint density at radius 1 is 1.18 bits per heavy atom. The topological polar surface area (TPSA) is 44.5 Å². The largest absolute Gasteiger partial charge is 0.493 e. The van der Waals surface area contributed by atoms with Gasteiger partial charge in [-0.05, 0) is 43.4 Å². The predicted octanol–water partition coefficient (Wildman–Crippen LogP) is 2.76. The lowest BCUT2D eigenvalue weighted by Crippen LogP contribution is -2.18. The summed E-state index contributed by atoms with van der Waals surface area (Å²) in [6, 6.07) is 6.40. The molecule has 17 heavy (non-hydrogen) atoms. The Hall–Kier alpha value is -1.22. The molecule has 0 radical (unpaired) electrons. The van der Waals surface area contributed by atoms with E-state index in [9.17, 15) is 0 Å². The van der Waals surface area contributed by atoms with Gasteiger partial charge in [0.2, 0.25) is 0 Å². The van der Waals surface area contributed by atoms with Gasteiger partial charge in [-0.3, -0.25) is 0 Å². The second kappa shape index (κ2) is 7.17. The number of hydrogen-bond acceptors (Lipinski definition) is 3. The summed E-state index contributed by atoms with van der Waals surface area (Å²) in [7, 11) is 3.31. The number of hydrogen-bond donors (Lipinski definition) is 1. The van der Waals surface area contributed by atoms with Gasteiger partial charge in [0, 0.05) is 6.04 Å². The van der Waals surface area contributed by atoms with E-state index in [1.165, 1.54) is 5.56 Å². The average molecular weight is 237 g/mol. The molecule has 1 aromatic rings. The highest BCUT2D eigenvalue weighted by Gasteiger charge is 2.05. The van der Waals surface area contributed by atoms with Crippen molar-refractivity contribution in [3.63, 3.8) is 0 Å². The fourth-order valence-corrected chi connectivity index (χ4v) is 1.81. The van der Waals surface area contributed by atoms with Crippen LogP contribution in [0.3, 0.4) is 0 Å². The molecule has 0 bridgehead atoms. The minimum atomic E-state index is 0.329. The lowest BCUT2D eigenvalue weighted by atomic mass is 10.0. The highest BCUT2D eigenvalue weighted by Crippen LogP contribution is 2.28. The van der Waals surface area contributed by atoms with Crippen LogP contribution in [0, 0.1) is 0 Å². The first-order chi connectivity index (χ1) is 8.21. The number of benzene rings is 1. The van der Waals surface area contributed by atoms with Crippen molar-refractivity contribution >= 4 is 0 Å². The van der Waals surface area contributed by atoms with Crippen LogP contribution in [0.4, 0.5) is 0 Å². The molecule has 0 amide bonds. The second-order valence-electron chi connectivity index (χ2n) is 4.25. The second-order valence-corrected chi connectivity index (χ2v) is 4.25. The number of rotatable bonds is 7. The smallest absolute Gasteiger partial charge is 0.160 e. The molecular weight excluding hydrogens is 214 g/mol. The molecule has 3 heteroatoms. The van der Waals surface area contributed by atoms with Crippen molar-refractivity contribution in [1.29, 1.82) is 0 Å². The number of methoxy groups -OCH3 is 2. The van der Waals surface area contributed by atoms with Gasteiger partial charge in [0.05, 0.1) is 14.2 Å². The average Bonchev–Trinajstić information content (AvgIpc) is 2.38. The highest BCUT2D eigenvalue weighted by molar-refractivity contribution is 5.42. The third-order valence-electron chi connectivity index (χ3n) is 3.01. The molecule has 0 aromatic heterocycles. The Morgan fingerprint density at radius 2 is 1.88 bits per heavy atom. The third kappa shape index (κ3) is 4.27. The van der Waals surface area contributed by atoms with E-state index in [0.29, 0.717) is 6.04 Å². The molecule has 0 aliphatic rings.